The van der Waals surface area contributed by atoms with Crippen molar-refractivity contribution in [1.82, 2.24) is 15.1 Å². The van der Waals surface area contributed by atoms with Gasteiger partial charge in [0.1, 0.15) is 5.02 Å². The molecule has 1 amide bonds. The maximum absolute atomic E-state index is 11.7. The molecule has 0 aliphatic heterocycles. The molecule has 0 unspecified atom stereocenters. The van der Waals surface area contributed by atoms with Crippen LogP contribution in [0.15, 0.2) is 11.0 Å². The minimum Gasteiger partial charge on any atom is -0.394 e. The van der Waals surface area contributed by atoms with Crippen molar-refractivity contribution in [3.8, 4) is 0 Å². The summed E-state index contributed by atoms with van der Waals surface area (Å²) >= 11 is 5.87. The minimum absolute atomic E-state index is 0.0151. The van der Waals surface area contributed by atoms with Crippen molar-refractivity contribution in [3.05, 3.63) is 21.6 Å². The van der Waals surface area contributed by atoms with Crippen LogP contribution >= 0.6 is 11.6 Å². The maximum Gasteiger partial charge on any atom is 0.287 e. The van der Waals surface area contributed by atoms with Crippen molar-refractivity contribution >= 4 is 23.2 Å². The summed E-state index contributed by atoms with van der Waals surface area (Å²) in [6.07, 6.45) is 1.41. The van der Waals surface area contributed by atoms with Gasteiger partial charge in [-0.1, -0.05) is 11.6 Å². The van der Waals surface area contributed by atoms with Crippen LogP contribution in [0.4, 0.5) is 5.69 Å². The zero-order chi connectivity index (χ0) is 13.5. The van der Waals surface area contributed by atoms with Crippen molar-refractivity contribution < 1.29 is 9.90 Å². The number of carbonyl (C=O) groups excluding carboxylic acids is 1. The molecule has 0 fully saturated rings. The number of nitrogens with one attached hydrogen (secondary N) is 2. The van der Waals surface area contributed by atoms with Gasteiger partial charge in [0, 0.05) is 20.0 Å². The smallest absolute Gasteiger partial charge is 0.287 e. The standard InChI is InChI=1S/C10H15ClN4O3/c1-7(17)12-2-3-13-8-6-14-15(4-5-16)10(18)9(8)11/h6,13,16H,2-5H2,1H3,(H,12,17). The number of hydrogen-bond acceptors (Lipinski definition) is 5. The predicted molar refractivity (Wildman–Crippen MR) is 67.8 cm³/mol. The Hall–Kier alpha value is -1.60. The molecule has 0 bridgehead atoms. The van der Waals surface area contributed by atoms with E-state index < -0.39 is 5.56 Å². The number of halogens is 1. The molecule has 1 heterocycles. The number of amides is 1. The fourth-order valence-electron chi connectivity index (χ4n) is 1.28. The van der Waals surface area contributed by atoms with Crippen LogP contribution in [0.25, 0.3) is 0 Å². The summed E-state index contributed by atoms with van der Waals surface area (Å²) in [4.78, 5) is 22.3. The largest absolute Gasteiger partial charge is 0.394 e. The summed E-state index contributed by atoms with van der Waals surface area (Å²) in [5.74, 6) is -0.126. The molecule has 0 aromatic carbocycles. The summed E-state index contributed by atoms with van der Waals surface area (Å²) in [5, 5.41) is 18.1. The Kier molecular flexibility index (Phi) is 5.60. The van der Waals surface area contributed by atoms with Crippen LogP contribution in [-0.2, 0) is 11.3 Å². The van der Waals surface area contributed by atoms with E-state index in [2.05, 4.69) is 15.7 Å². The van der Waals surface area contributed by atoms with E-state index in [4.69, 9.17) is 16.7 Å². The second-order valence-corrected chi connectivity index (χ2v) is 3.91. The molecule has 0 saturated carbocycles. The molecule has 0 spiro atoms. The van der Waals surface area contributed by atoms with E-state index in [0.29, 0.717) is 18.8 Å². The number of rotatable bonds is 6. The number of hydrogen-bond donors (Lipinski definition) is 3. The third-order valence-electron chi connectivity index (χ3n) is 2.11. The molecule has 0 aliphatic carbocycles. The van der Waals surface area contributed by atoms with Gasteiger partial charge in [-0.05, 0) is 0 Å². The first-order valence-corrected chi connectivity index (χ1v) is 5.79. The zero-order valence-electron chi connectivity index (χ0n) is 9.94. The molecule has 0 aliphatic rings. The Bertz CT molecular complexity index is 475. The average Bonchev–Trinajstić information content (AvgIpc) is 2.33. The second kappa shape index (κ2) is 6.97. The summed E-state index contributed by atoms with van der Waals surface area (Å²) in [6.45, 7) is 2.20. The van der Waals surface area contributed by atoms with Crippen LogP contribution < -0.4 is 16.2 Å². The van der Waals surface area contributed by atoms with Gasteiger partial charge in [0.15, 0.2) is 0 Å². The Balaban J connectivity index is 2.65. The summed E-state index contributed by atoms with van der Waals surface area (Å²) < 4.78 is 1.08. The van der Waals surface area contributed by atoms with Crippen LogP contribution in [0, 0.1) is 0 Å². The molecule has 18 heavy (non-hydrogen) atoms. The number of aliphatic hydroxyl groups excluding tert-OH is 1. The van der Waals surface area contributed by atoms with Crippen LogP contribution in [0.1, 0.15) is 6.92 Å². The van der Waals surface area contributed by atoms with Crippen LogP contribution in [-0.4, -0.2) is 40.5 Å². The molecule has 0 saturated heterocycles. The molecule has 0 radical (unpaired) electrons. The zero-order valence-corrected chi connectivity index (χ0v) is 10.7. The lowest BCUT2D eigenvalue weighted by Gasteiger charge is -2.09. The number of anilines is 1. The van der Waals surface area contributed by atoms with E-state index in [0.717, 1.165) is 4.68 Å². The minimum atomic E-state index is -0.463. The molecular weight excluding hydrogens is 260 g/mol. The Morgan fingerprint density at radius 3 is 2.89 bits per heavy atom. The first-order valence-electron chi connectivity index (χ1n) is 5.41. The number of aromatic nitrogens is 2. The summed E-state index contributed by atoms with van der Waals surface area (Å²) in [6, 6.07) is 0. The van der Waals surface area contributed by atoms with Crippen molar-refractivity contribution in [3.63, 3.8) is 0 Å². The van der Waals surface area contributed by atoms with Gasteiger partial charge in [0.25, 0.3) is 5.56 Å². The van der Waals surface area contributed by atoms with Gasteiger partial charge >= 0.3 is 0 Å². The lowest BCUT2D eigenvalue weighted by molar-refractivity contribution is -0.118. The van der Waals surface area contributed by atoms with Gasteiger partial charge < -0.3 is 15.7 Å². The second-order valence-electron chi connectivity index (χ2n) is 3.53. The molecule has 1 rings (SSSR count). The lowest BCUT2D eigenvalue weighted by atomic mass is 10.4. The fraction of sp³-hybridized carbons (Fsp3) is 0.500. The summed E-state index contributed by atoms with van der Waals surface area (Å²) in [5.41, 5.74) is -0.0588. The third-order valence-corrected chi connectivity index (χ3v) is 2.48. The monoisotopic (exact) mass is 274 g/mol. The SMILES string of the molecule is CC(=O)NCCNc1cnn(CCO)c(=O)c1Cl. The van der Waals surface area contributed by atoms with Gasteiger partial charge in [-0.2, -0.15) is 5.10 Å². The van der Waals surface area contributed by atoms with Gasteiger partial charge in [-0.3, -0.25) is 9.59 Å². The molecule has 1 aromatic heterocycles. The molecule has 3 N–H and O–H groups in total. The maximum atomic E-state index is 11.7. The van der Waals surface area contributed by atoms with E-state index >= 15 is 0 Å². The van der Waals surface area contributed by atoms with Crippen LogP contribution in [0.2, 0.25) is 5.02 Å². The van der Waals surface area contributed by atoms with E-state index in [1.807, 2.05) is 0 Å². The Morgan fingerprint density at radius 1 is 1.56 bits per heavy atom. The highest BCUT2D eigenvalue weighted by atomic mass is 35.5. The Morgan fingerprint density at radius 2 is 2.28 bits per heavy atom. The predicted octanol–water partition coefficient (Wildman–Crippen LogP) is -0.563. The third kappa shape index (κ3) is 4.01. The van der Waals surface area contributed by atoms with Crippen molar-refractivity contribution in [1.29, 1.82) is 0 Å². The van der Waals surface area contributed by atoms with Gasteiger partial charge in [0.2, 0.25) is 5.91 Å². The van der Waals surface area contributed by atoms with Crippen LogP contribution in [0.3, 0.4) is 0 Å². The highest BCUT2D eigenvalue weighted by Gasteiger charge is 2.08. The molecule has 7 nitrogen and oxygen atoms in total. The van der Waals surface area contributed by atoms with E-state index in [9.17, 15) is 9.59 Å². The highest BCUT2D eigenvalue weighted by Crippen LogP contribution is 2.14. The molecule has 1 aromatic rings. The number of aliphatic hydroxyl groups is 1. The summed E-state index contributed by atoms with van der Waals surface area (Å²) in [7, 11) is 0. The topological polar surface area (TPSA) is 96.2 Å². The van der Waals surface area contributed by atoms with E-state index in [1.54, 1.807) is 0 Å². The number of carbonyl (C=O) groups is 1. The van der Waals surface area contributed by atoms with Gasteiger partial charge in [-0.25, -0.2) is 4.68 Å². The van der Waals surface area contributed by atoms with Gasteiger partial charge in [0.05, 0.1) is 25.0 Å². The quantitative estimate of drug-likeness (QED) is 0.604. The van der Waals surface area contributed by atoms with E-state index in [1.165, 1.54) is 13.1 Å². The van der Waals surface area contributed by atoms with Crippen molar-refractivity contribution in [2.24, 2.45) is 0 Å². The fourth-order valence-corrected chi connectivity index (χ4v) is 1.49. The normalized spacial score (nSPS) is 10.2. The van der Waals surface area contributed by atoms with Crippen molar-refractivity contribution in [2.45, 2.75) is 13.5 Å². The Labute approximate surface area is 109 Å². The van der Waals surface area contributed by atoms with Crippen LogP contribution in [0.5, 0.6) is 0 Å². The number of nitrogens with zero attached hydrogens (tertiary/aromatic N) is 2. The first kappa shape index (κ1) is 14.5. The van der Waals surface area contributed by atoms with Gasteiger partial charge in [-0.15, -0.1) is 0 Å². The first-order chi connectivity index (χ1) is 8.56. The highest BCUT2D eigenvalue weighted by molar-refractivity contribution is 6.32. The van der Waals surface area contributed by atoms with Crippen molar-refractivity contribution in [2.75, 3.05) is 25.0 Å². The molecule has 100 valence electrons. The average molecular weight is 275 g/mol. The molecule has 0 atom stereocenters. The molecular formula is C10H15ClN4O3. The molecule has 8 heteroatoms. The van der Waals surface area contributed by atoms with E-state index in [-0.39, 0.29) is 24.1 Å². The lowest BCUT2D eigenvalue weighted by Crippen LogP contribution is -2.28.